The summed E-state index contributed by atoms with van der Waals surface area (Å²) >= 11 is 0. The van der Waals surface area contributed by atoms with Crippen LogP contribution in [0.5, 0.6) is 0 Å². The summed E-state index contributed by atoms with van der Waals surface area (Å²) in [5.74, 6) is 0. The molecule has 0 aliphatic carbocycles. The number of carbonyl (C=O) groups is 1. The predicted molar refractivity (Wildman–Crippen MR) is 45.1 cm³/mol. The van der Waals surface area contributed by atoms with Gasteiger partial charge < -0.3 is 5.11 Å². The van der Waals surface area contributed by atoms with Crippen LogP contribution in [0, 0.1) is 0 Å². The van der Waals surface area contributed by atoms with Crippen LogP contribution in [0.15, 0.2) is 0 Å². The fourth-order valence-electron chi connectivity index (χ4n) is 1.34. The Kier molecular flexibility index (Phi) is 2.77. The number of hydrogen-bond donors (Lipinski definition) is 1. The maximum atomic E-state index is 10.9. The average molecular weight is 189 g/mol. The van der Waals surface area contributed by atoms with Crippen molar-refractivity contribution in [3.63, 3.8) is 0 Å². The molecular weight excluding hydrogens is 174 g/mol. The largest absolute Gasteiger partial charge is 0.465 e. The second-order valence-corrected chi connectivity index (χ2v) is 3.98. The lowest BCUT2D eigenvalue weighted by atomic mass is 10.1. The highest BCUT2D eigenvalue weighted by atomic mass is 17.2. The molecule has 1 aliphatic heterocycles. The first-order chi connectivity index (χ1) is 5.93. The van der Waals surface area contributed by atoms with Gasteiger partial charge in [0.15, 0.2) is 6.23 Å². The second-order valence-electron chi connectivity index (χ2n) is 3.98. The third-order valence-corrected chi connectivity index (χ3v) is 1.84. The van der Waals surface area contributed by atoms with Gasteiger partial charge in [-0.05, 0) is 20.8 Å². The Balaban J connectivity index is 2.72. The maximum Gasteiger partial charge on any atom is 0.409 e. The van der Waals surface area contributed by atoms with Gasteiger partial charge in [0.2, 0.25) is 0 Å². The van der Waals surface area contributed by atoms with Crippen LogP contribution in [0.1, 0.15) is 27.2 Å². The molecule has 13 heavy (non-hydrogen) atoms. The van der Waals surface area contributed by atoms with E-state index < -0.39 is 17.9 Å². The smallest absolute Gasteiger partial charge is 0.409 e. The van der Waals surface area contributed by atoms with E-state index in [0.717, 1.165) is 0 Å². The molecule has 0 bridgehead atoms. The van der Waals surface area contributed by atoms with E-state index in [1.807, 2.05) is 20.8 Å². The van der Waals surface area contributed by atoms with Crippen molar-refractivity contribution in [2.75, 3.05) is 6.61 Å². The average Bonchev–Trinajstić information content (AvgIpc) is 2.34. The number of hydrogen-bond acceptors (Lipinski definition) is 3. The van der Waals surface area contributed by atoms with E-state index in [0.29, 0.717) is 13.0 Å². The standard InChI is InChI=1S/C8H15NO4/c1-8(2,3)9(7(10)11)6-4-5-12-13-6/h6H,4-5H2,1-3H3,(H,10,11). The molecule has 1 heterocycles. The van der Waals surface area contributed by atoms with Gasteiger partial charge in [-0.25, -0.2) is 14.6 Å². The van der Waals surface area contributed by atoms with Crippen LogP contribution < -0.4 is 0 Å². The number of rotatable bonds is 1. The van der Waals surface area contributed by atoms with E-state index in [-0.39, 0.29) is 0 Å². The fraction of sp³-hybridized carbons (Fsp3) is 0.875. The minimum absolute atomic E-state index is 0.449. The molecule has 76 valence electrons. The summed E-state index contributed by atoms with van der Waals surface area (Å²) in [6.45, 7) is 5.92. The molecule has 0 radical (unpaired) electrons. The van der Waals surface area contributed by atoms with E-state index in [9.17, 15) is 4.79 Å². The van der Waals surface area contributed by atoms with Crippen molar-refractivity contribution in [1.29, 1.82) is 0 Å². The first-order valence-corrected chi connectivity index (χ1v) is 4.23. The summed E-state index contributed by atoms with van der Waals surface area (Å²) in [6, 6.07) is 0. The predicted octanol–water partition coefficient (Wildman–Crippen LogP) is 1.44. The SMILES string of the molecule is CC(C)(C)N(C(=O)O)C1CCOO1. The highest BCUT2D eigenvalue weighted by Gasteiger charge is 2.36. The molecule has 1 rings (SSSR count). The van der Waals surface area contributed by atoms with E-state index in [4.69, 9.17) is 9.99 Å². The van der Waals surface area contributed by atoms with E-state index in [1.54, 1.807) is 0 Å². The van der Waals surface area contributed by atoms with Crippen molar-refractivity contribution in [2.45, 2.75) is 39.0 Å². The van der Waals surface area contributed by atoms with Crippen molar-refractivity contribution < 1.29 is 19.7 Å². The molecule has 0 spiro atoms. The molecule has 1 amide bonds. The zero-order valence-electron chi connectivity index (χ0n) is 8.11. The van der Waals surface area contributed by atoms with E-state index >= 15 is 0 Å². The first kappa shape index (κ1) is 10.3. The first-order valence-electron chi connectivity index (χ1n) is 4.23. The molecule has 5 nitrogen and oxygen atoms in total. The maximum absolute atomic E-state index is 10.9. The minimum Gasteiger partial charge on any atom is -0.465 e. The lowest BCUT2D eigenvalue weighted by Crippen LogP contribution is -2.50. The van der Waals surface area contributed by atoms with E-state index in [2.05, 4.69) is 4.89 Å². The molecule has 0 aromatic carbocycles. The Labute approximate surface area is 77.2 Å². The van der Waals surface area contributed by atoms with Crippen LogP contribution in [0.2, 0.25) is 0 Å². The highest BCUT2D eigenvalue weighted by molar-refractivity contribution is 5.66. The number of amides is 1. The van der Waals surface area contributed by atoms with Crippen molar-refractivity contribution >= 4 is 6.09 Å². The Bertz CT molecular complexity index is 193. The topological polar surface area (TPSA) is 59.0 Å². The molecule has 0 aromatic rings. The van der Waals surface area contributed by atoms with Crippen molar-refractivity contribution in [3.8, 4) is 0 Å². The van der Waals surface area contributed by atoms with Crippen molar-refractivity contribution in [1.82, 2.24) is 4.90 Å². The summed E-state index contributed by atoms with van der Waals surface area (Å²) in [6.07, 6.45) is -0.871. The number of carboxylic acid groups (broad SMARTS) is 1. The fourth-order valence-corrected chi connectivity index (χ4v) is 1.34. The van der Waals surface area contributed by atoms with Crippen molar-refractivity contribution in [3.05, 3.63) is 0 Å². The molecule has 1 N–H and O–H groups in total. The van der Waals surface area contributed by atoms with Crippen LogP contribution in [0.4, 0.5) is 4.79 Å². The molecule has 1 atom stereocenters. The minimum atomic E-state index is -0.983. The molecule has 1 saturated heterocycles. The van der Waals surface area contributed by atoms with Gasteiger partial charge >= 0.3 is 6.09 Å². The zero-order valence-corrected chi connectivity index (χ0v) is 8.11. The zero-order chi connectivity index (χ0) is 10.1. The van der Waals surface area contributed by atoms with Gasteiger partial charge in [-0.15, -0.1) is 0 Å². The van der Waals surface area contributed by atoms with Crippen LogP contribution in [-0.4, -0.2) is 34.5 Å². The van der Waals surface area contributed by atoms with Crippen LogP contribution in [-0.2, 0) is 9.78 Å². The summed E-state index contributed by atoms with van der Waals surface area (Å²) in [5.41, 5.74) is -0.468. The summed E-state index contributed by atoms with van der Waals surface area (Å²) in [7, 11) is 0. The molecular formula is C8H15NO4. The molecule has 0 aromatic heterocycles. The van der Waals surface area contributed by atoms with Gasteiger partial charge in [0.05, 0.1) is 6.61 Å². The third-order valence-electron chi connectivity index (χ3n) is 1.84. The normalized spacial score (nSPS) is 23.2. The molecule has 1 fully saturated rings. The highest BCUT2D eigenvalue weighted by Crippen LogP contribution is 2.23. The Morgan fingerprint density at radius 3 is 2.46 bits per heavy atom. The monoisotopic (exact) mass is 189 g/mol. The lowest BCUT2D eigenvalue weighted by molar-refractivity contribution is -0.301. The van der Waals surface area contributed by atoms with Gasteiger partial charge in [-0.2, -0.15) is 0 Å². The molecule has 1 unspecified atom stereocenters. The van der Waals surface area contributed by atoms with Crippen LogP contribution in [0.3, 0.4) is 0 Å². The van der Waals surface area contributed by atoms with Gasteiger partial charge in [-0.3, -0.25) is 4.90 Å². The van der Waals surface area contributed by atoms with Crippen LogP contribution >= 0.6 is 0 Å². The van der Waals surface area contributed by atoms with Crippen molar-refractivity contribution in [2.24, 2.45) is 0 Å². The summed E-state index contributed by atoms with van der Waals surface area (Å²) in [4.78, 5) is 21.7. The van der Waals surface area contributed by atoms with Gasteiger partial charge in [-0.1, -0.05) is 0 Å². The van der Waals surface area contributed by atoms with Gasteiger partial charge in [0.1, 0.15) is 0 Å². The van der Waals surface area contributed by atoms with Gasteiger partial charge in [0, 0.05) is 12.0 Å². The molecule has 1 aliphatic rings. The quantitative estimate of drug-likeness (QED) is 0.634. The third kappa shape index (κ3) is 2.32. The lowest BCUT2D eigenvalue weighted by Gasteiger charge is -2.35. The number of nitrogens with zero attached hydrogens (tertiary/aromatic N) is 1. The van der Waals surface area contributed by atoms with Crippen LogP contribution in [0.25, 0.3) is 0 Å². The second kappa shape index (κ2) is 3.51. The van der Waals surface area contributed by atoms with E-state index in [1.165, 1.54) is 4.90 Å². The Morgan fingerprint density at radius 1 is 1.54 bits per heavy atom. The summed E-state index contributed by atoms with van der Waals surface area (Å²) in [5, 5.41) is 8.96. The molecule has 5 heteroatoms. The summed E-state index contributed by atoms with van der Waals surface area (Å²) < 4.78 is 0. The Morgan fingerprint density at radius 2 is 2.15 bits per heavy atom. The Hall–Kier alpha value is -0.810. The van der Waals surface area contributed by atoms with Gasteiger partial charge in [0.25, 0.3) is 0 Å². The molecule has 0 saturated carbocycles.